The van der Waals surface area contributed by atoms with Crippen LogP contribution in [0.4, 0.5) is 11.6 Å². The molecule has 0 aliphatic carbocycles. The molecule has 4 aromatic heterocycles. The van der Waals surface area contributed by atoms with Gasteiger partial charge in [0, 0.05) is 33.9 Å². The normalized spacial score (nSPS) is 11.4. The van der Waals surface area contributed by atoms with Gasteiger partial charge in [0.2, 0.25) is 0 Å². The summed E-state index contributed by atoms with van der Waals surface area (Å²) in [4.78, 5) is 18.1. The number of pyridine rings is 4. The molecule has 0 atom stereocenters. The number of aliphatic hydroxyl groups is 2. The Balaban J connectivity index is 0.000000167. The van der Waals surface area contributed by atoms with Crippen molar-refractivity contribution < 1.29 is 10.2 Å². The fourth-order valence-corrected chi connectivity index (χ4v) is 7.28. The third kappa shape index (κ3) is 7.71. The van der Waals surface area contributed by atoms with Gasteiger partial charge in [-0.1, -0.05) is 71.8 Å². The van der Waals surface area contributed by atoms with Crippen LogP contribution in [-0.2, 0) is 38.9 Å². The van der Waals surface area contributed by atoms with Gasteiger partial charge in [-0.15, -0.1) is 0 Å². The first-order valence-corrected chi connectivity index (χ1v) is 18.4. The SMILES string of the molecule is Cc1ccc(CCc2cnc3c(N)nc4cc(CO)ccc4c3c2)c(C)c1.Cc1ccc(CCc2cnc3c(N)nc4cc(CO)ccc4c3c2)c(C)c1. The van der Waals surface area contributed by atoms with Crippen LogP contribution in [0.2, 0.25) is 0 Å². The molecule has 0 amide bonds. The number of hydrogen-bond donors (Lipinski definition) is 4. The zero-order valence-corrected chi connectivity index (χ0v) is 31.3. The minimum atomic E-state index is -0.0102. The molecule has 0 fully saturated rings. The molecule has 54 heavy (non-hydrogen) atoms. The van der Waals surface area contributed by atoms with Gasteiger partial charge < -0.3 is 21.7 Å². The number of rotatable bonds is 8. The molecule has 0 aliphatic heterocycles. The summed E-state index contributed by atoms with van der Waals surface area (Å²) in [6.45, 7) is 8.55. The largest absolute Gasteiger partial charge is 0.392 e. The zero-order chi connectivity index (χ0) is 37.9. The lowest BCUT2D eigenvalue weighted by Gasteiger charge is -2.10. The first kappa shape index (κ1) is 36.4. The maximum Gasteiger partial charge on any atom is 0.150 e. The number of aliphatic hydroxyl groups excluding tert-OH is 2. The van der Waals surface area contributed by atoms with Gasteiger partial charge in [0.05, 0.1) is 24.2 Å². The van der Waals surface area contributed by atoms with Gasteiger partial charge in [-0.05, 0) is 122 Å². The fourth-order valence-electron chi connectivity index (χ4n) is 7.28. The number of anilines is 2. The van der Waals surface area contributed by atoms with Crippen molar-refractivity contribution >= 4 is 55.2 Å². The highest BCUT2D eigenvalue weighted by Crippen LogP contribution is 2.30. The summed E-state index contributed by atoms with van der Waals surface area (Å²) in [6.07, 6.45) is 7.60. The van der Waals surface area contributed by atoms with Gasteiger partial charge >= 0.3 is 0 Å². The van der Waals surface area contributed by atoms with Gasteiger partial charge in [0.15, 0.2) is 11.6 Å². The molecule has 0 saturated heterocycles. The third-order valence-electron chi connectivity index (χ3n) is 10.3. The highest BCUT2D eigenvalue weighted by molar-refractivity contribution is 6.09. The lowest BCUT2D eigenvalue weighted by atomic mass is 9.98. The number of hydrogen-bond acceptors (Lipinski definition) is 8. The van der Waals surface area contributed by atoms with Crippen molar-refractivity contribution in [3.8, 4) is 0 Å². The molecule has 0 unspecified atom stereocenters. The maximum absolute atomic E-state index is 9.37. The average Bonchev–Trinajstić information content (AvgIpc) is 3.17. The number of nitrogens with two attached hydrogens (primary N) is 2. The van der Waals surface area contributed by atoms with E-state index in [9.17, 15) is 10.2 Å². The number of nitrogens with zero attached hydrogens (tertiary/aromatic N) is 4. The van der Waals surface area contributed by atoms with Crippen LogP contribution in [0.3, 0.4) is 0 Å². The molecule has 8 nitrogen and oxygen atoms in total. The van der Waals surface area contributed by atoms with Crippen LogP contribution in [-0.4, -0.2) is 30.1 Å². The molecule has 0 bridgehead atoms. The molecule has 6 N–H and O–H groups in total. The minimum absolute atomic E-state index is 0.0102. The molecular formula is C46H46N6O2. The third-order valence-corrected chi connectivity index (χ3v) is 10.3. The molecule has 4 aromatic carbocycles. The van der Waals surface area contributed by atoms with Crippen molar-refractivity contribution in [3.05, 3.63) is 153 Å². The lowest BCUT2D eigenvalue weighted by molar-refractivity contribution is 0.282. The van der Waals surface area contributed by atoms with E-state index in [1.807, 2.05) is 48.8 Å². The van der Waals surface area contributed by atoms with Crippen molar-refractivity contribution in [1.29, 1.82) is 0 Å². The number of nitrogen functional groups attached to an aromatic ring is 2. The monoisotopic (exact) mass is 714 g/mol. The maximum atomic E-state index is 9.37. The highest BCUT2D eigenvalue weighted by atomic mass is 16.3. The van der Waals surface area contributed by atoms with Crippen LogP contribution in [0.1, 0.15) is 55.6 Å². The number of benzene rings is 4. The Kier molecular flexibility index (Phi) is 10.5. The Hall–Kier alpha value is -5.96. The van der Waals surface area contributed by atoms with Crippen molar-refractivity contribution in [3.63, 3.8) is 0 Å². The van der Waals surface area contributed by atoms with E-state index in [-0.39, 0.29) is 13.2 Å². The molecule has 0 spiro atoms. The van der Waals surface area contributed by atoms with Gasteiger partial charge in [0.25, 0.3) is 0 Å². The number of fused-ring (bicyclic) bond motifs is 6. The summed E-state index contributed by atoms with van der Waals surface area (Å²) < 4.78 is 0. The first-order valence-electron chi connectivity index (χ1n) is 18.4. The summed E-state index contributed by atoms with van der Waals surface area (Å²) in [5.74, 6) is 0.849. The van der Waals surface area contributed by atoms with Crippen LogP contribution < -0.4 is 11.5 Å². The van der Waals surface area contributed by atoms with Crippen LogP contribution in [0.25, 0.3) is 43.6 Å². The van der Waals surface area contributed by atoms with Crippen molar-refractivity contribution in [1.82, 2.24) is 19.9 Å². The fraction of sp³-hybridized carbons (Fsp3) is 0.217. The molecule has 8 aromatic rings. The molecule has 272 valence electrons. The molecule has 0 radical (unpaired) electrons. The topological polar surface area (TPSA) is 144 Å². The van der Waals surface area contributed by atoms with E-state index < -0.39 is 0 Å². The molecule has 8 rings (SSSR count). The smallest absolute Gasteiger partial charge is 0.150 e. The Labute approximate surface area is 315 Å². The van der Waals surface area contributed by atoms with Crippen LogP contribution in [0.15, 0.2) is 97.3 Å². The Morgan fingerprint density at radius 1 is 0.463 bits per heavy atom. The van der Waals surface area contributed by atoms with Gasteiger partial charge in [-0.2, -0.15) is 0 Å². The molecule has 0 aliphatic rings. The van der Waals surface area contributed by atoms with Crippen molar-refractivity contribution in [2.24, 2.45) is 0 Å². The molecule has 4 heterocycles. The Morgan fingerprint density at radius 3 is 1.28 bits per heavy atom. The van der Waals surface area contributed by atoms with E-state index in [1.54, 1.807) is 0 Å². The quantitative estimate of drug-likeness (QED) is 0.115. The second-order valence-corrected chi connectivity index (χ2v) is 14.4. The molecule has 0 saturated carbocycles. The van der Waals surface area contributed by atoms with Gasteiger partial charge in [-0.25, -0.2) is 9.97 Å². The Morgan fingerprint density at radius 2 is 0.889 bits per heavy atom. The van der Waals surface area contributed by atoms with E-state index >= 15 is 0 Å². The zero-order valence-electron chi connectivity index (χ0n) is 31.3. The highest BCUT2D eigenvalue weighted by Gasteiger charge is 2.12. The predicted molar refractivity (Wildman–Crippen MR) is 221 cm³/mol. The van der Waals surface area contributed by atoms with Crippen molar-refractivity contribution in [2.75, 3.05) is 11.5 Å². The second kappa shape index (κ2) is 15.6. The van der Waals surface area contributed by atoms with E-state index in [0.29, 0.717) is 11.6 Å². The summed E-state index contributed by atoms with van der Waals surface area (Å²) in [5, 5.41) is 22.8. The van der Waals surface area contributed by atoms with E-state index in [2.05, 4.69) is 96.2 Å². The second-order valence-electron chi connectivity index (χ2n) is 14.4. The van der Waals surface area contributed by atoms with E-state index in [4.69, 9.17) is 11.5 Å². The standard InChI is InChI=1S/2C23H23N3O/c2*1-14-3-6-18(15(2)9-14)7-4-16-10-20-19-8-5-17(13-27)11-21(19)26-23(24)22(20)25-12-16/h2*3,5-6,8-12,27H,4,7,13H2,1-2H3,(H2,24,26). The first-order chi connectivity index (χ1) is 26.1. The molecule has 8 heteroatoms. The number of aryl methyl sites for hydroxylation is 8. The predicted octanol–water partition coefficient (Wildman–Crippen LogP) is 8.52. The van der Waals surface area contributed by atoms with E-state index in [0.717, 1.165) is 80.4 Å². The van der Waals surface area contributed by atoms with Crippen LogP contribution in [0.5, 0.6) is 0 Å². The Bertz CT molecular complexity index is 2490. The van der Waals surface area contributed by atoms with Crippen LogP contribution >= 0.6 is 0 Å². The minimum Gasteiger partial charge on any atom is -0.392 e. The van der Waals surface area contributed by atoms with Crippen LogP contribution in [0, 0.1) is 27.7 Å². The van der Waals surface area contributed by atoms with Crippen molar-refractivity contribution in [2.45, 2.75) is 66.6 Å². The summed E-state index contributed by atoms with van der Waals surface area (Å²) in [7, 11) is 0. The van der Waals surface area contributed by atoms with E-state index in [1.165, 1.54) is 44.5 Å². The van der Waals surface area contributed by atoms with Gasteiger partial charge in [-0.3, -0.25) is 9.97 Å². The summed E-state index contributed by atoms with van der Waals surface area (Å²) >= 11 is 0. The lowest BCUT2D eigenvalue weighted by Crippen LogP contribution is -1.99. The molecular weight excluding hydrogens is 669 g/mol. The van der Waals surface area contributed by atoms with Gasteiger partial charge in [0.1, 0.15) is 11.0 Å². The summed E-state index contributed by atoms with van der Waals surface area (Å²) in [5.41, 5.74) is 27.3. The summed E-state index contributed by atoms with van der Waals surface area (Å²) in [6, 6.07) is 29.1. The number of aromatic nitrogens is 4. The average molecular weight is 715 g/mol.